The van der Waals surface area contributed by atoms with Gasteiger partial charge in [0.05, 0.1) is 0 Å². The van der Waals surface area contributed by atoms with Gasteiger partial charge in [0.2, 0.25) is 9.89 Å². The number of carboxylic acid groups (broad SMARTS) is 1. The Hall–Kier alpha value is -2.40. The molecule has 146 valence electrons. The van der Waals surface area contributed by atoms with Gasteiger partial charge in [-0.3, -0.25) is 4.57 Å². The highest BCUT2D eigenvalue weighted by atomic mass is 79.9. The van der Waals surface area contributed by atoms with Gasteiger partial charge in [0.15, 0.2) is 11.5 Å². The van der Waals surface area contributed by atoms with Crippen LogP contribution in [0.15, 0.2) is 34.2 Å². The molecule has 7 nitrogen and oxygen atoms in total. The molecule has 0 unspecified atom stereocenters. The minimum Gasteiger partial charge on any atom is -0.504 e. The van der Waals surface area contributed by atoms with Gasteiger partial charge in [-0.15, -0.1) is 10.2 Å². The first-order valence-corrected chi connectivity index (χ1v) is 9.71. The Morgan fingerprint density at radius 3 is 2.43 bits per heavy atom. The number of alkyl halides is 2. The fraction of sp³-hybridized carbons (Fsp3) is 0.235. The molecule has 11 heteroatoms. The Bertz CT molecular complexity index is 1120. The van der Waals surface area contributed by atoms with Gasteiger partial charge in [0.25, 0.3) is 0 Å². The number of nitrogens with zero attached hydrogens (tertiary/aromatic N) is 3. The third-order valence-electron chi connectivity index (χ3n) is 4.45. The van der Waals surface area contributed by atoms with Crippen LogP contribution in [0.4, 0.5) is 8.78 Å². The van der Waals surface area contributed by atoms with Crippen molar-refractivity contribution >= 4 is 44.4 Å². The average molecular weight is 472 g/mol. The lowest BCUT2D eigenvalue weighted by Gasteiger charge is -2.18. The molecule has 1 fully saturated rings. The van der Waals surface area contributed by atoms with Gasteiger partial charge in [-0.05, 0) is 40.1 Å². The number of phenols is 2. The number of aliphatic carboxylic acids is 1. The summed E-state index contributed by atoms with van der Waals surface area (Å²) in [5.41, 5.74) is 0.587. The van der Waals surface area contributed by atoms with E-state index in [0.29, 0.717) is 16.3 Å². The summed E-state index contributed by atoms with van der Waals surface area (Å²) < 4.78 is 28.5. The summed E-state index contributed by atoms with van der Waals surface area (Å²) in [4.78, 5) is 10.8. The van der Waals surface area contributed by atoms with E-state index >= 15 is 0 Å². The quantitative estimate of drug-likeness (QED) is 0.377. The van der Waals surface area contributed by atoms with E-state index in [1.807, 2.05) is 0 Å². The molecule has 3 N–H and O–H groups in total. The first kappa shape index (κ1) is 18.9. The first-order valence-electron chi connectivity index (χ1n) is 8.10. The minimum absolute atomic E-state index is 0.0157. The monoisotopic (exact) mass is 471 g/mol. The largest absolute Gasteiger partial charge is 0.504 e. The fourth-order valence-electron chi connectivity index (χ4n) is 3.10. The zero-order valence-corrected chi connectivity index (χ0v) is 16.3. The van der Waals surface area contributed by atoms with Gasteiger partial charge in [0.1, 0.15) is 5.69 Å². The van der Waals surface area contributed by atoms with E-state index in [9.17, 15) is 23.8 Å². The lowest BCUT2D eigenvalue weighted by molar-refractivity contribution is -0.152. The van der Waals surface area contributed by atoms with Crippen molar-refractivity contribution < 1.29 is 28.9 Å². The molecule has 0 spiro atoms. The zero-order valence-electron chi connectivity index (χ0n) is 13.9. The Morgan fingerprint density at radius 1 is 1.18 bits per heavy atom. The van der Waals surface area contributed by atoms with Crippen LogP contribution in [0.25, 0.3) is 16.5 Å². The van der Waals surface area contributed by atoms with E-state index in [4.69, 9.17) is 5.11 Å². The van der Waals surface area contributed by atoms with Crippen LogP contribution in [0.3, 0.4) is 0 Å². The Morgan fingerprint density at radius 2 is 1.82 bits per heavy atom. The Labute approximate surface area is 169 Å². The number of hydrogen-bond donors (Lipinski definition) is 3. The van der Waals surface area contributed by atoms with Crippen molar-refractivity contribution in [3.8, 4) is 17.2 Å². The number of halogens is 3. The summed E-state index contributed by atoms with van der Waals surface area (Å²) in [6.45, 7) is 0. The summed E-state index contributed by atoms with van der Waals surface area (Å²) >= 11 is 2.77. The number of rotatable bonds is 5. The summed E-state index contributed by atoms with van der Waals surface area (Å²) in [5, 5.41) is 33.9. The number of phenolic OH excluding ortho intramolecular Hbond substituents is 2. The fourth-order valence-corrected chi connectivity index (χ4v) is 4.30. The van der Waals surface area contributed by atoms with Crippen molar-refractivity contribution in [2.24, 2.45) is 0 Å². The Kier molecular flexibility index (Phi) is 4.46. The molecule has 4 rings (SSSR count). The van der Waals surface area contributed by atoms with Gasteiger partial charge < -0.3 is 15.3 Å². The Balaban J connectivity index is 1.99. The van der Waals surface area contributed by atoms with Gasteiger partial charge in [-0.1, -0.05) is 24.3 Å². The molecule has 0 bridgehead atoms. The molecule has 28 heavy (non-hydrogen) atoms. The molecule has 0 atom stereocenters. The predicted molar refractivity (Wildman–Crippen MR) is 100 cm³/mol. The van der Waals surface area contributed by atoms with Crippen molar-refractivity contribution in [1.29, 1.82) is 0 Å². The van der Waals surface area contributed by atoms with E-state index in [1.54, 1.807) is 24.3 Å². The number of hydrogen-bond acceptors (Lipinski definition) is 6. The number of carboxylic acids is 1. The maximum absolute atomic E-state index is 13.8. The average Bonchev–Trinajstić information content (AvgIpc) is 3.41. The normalized spacial score (nSPS) is 14.5. The summed E-state index contributed by atoms with van der Waals surface area (Å²) in [5.74, 6) is -3.07. The highest BCUT2D eigenvalue weighted by molar-refractivity contribution is 9.10. The van der Waals surface area contributed by atoms with Crippen LogP contribution in [0.2, 0.25) is 0 Å². The summed E-state index contributed by atoms with van der Waals surface area (Å²) in [6.07, 6.45) is 1.75. The second-order valence-electron chi connectivity index (χ2n) is 6.29. The second kappa shape index (κ2) is 6.59. The molecule has 1 aliphatic rings. The molecule has 0 radical (unpaired) electrons. The van der Waals surface area contributed by atoms with E-state index in [-0.39, 0.29) is 33.9 Å². The maximum Gasteiger partial charge on any atom is 0.395 e. The van der Waals surface area contributed by atoms with Crippen molar-refractivity contribution in [2.75, 3.05) is 0 Å². The molecule has 1 aromatic heterocycles. The third-order valence-corrected chi connectivity index (χ3v) is 5.84. The standard InChI is InChI=1S/C17H12BrF2N3O4S/c18-15-21-22-16(28-17(19,20)14(26)27)23(15)11-9-4-2-1-3-8(9)10(7-5-6-7)12(24)13(11)25/h1-4,7,24-25H,5-6H2,(H,26,27). The van der Waals surface area contributed by atoms with Crippen LogP contribution in [-0.4, -0.2) is 41.3 Å². The highest BCUT2D eigenvalue weighted by Crippen LogP contribution is 2.53. The van der Waals surface area contributed by atoms with Crippen LogP contribution >= 0.6 is 27.7 Å². The predicted octanol–water partition coefficient (Wildman–Crippen LogP) is 4.24. The lowest BCUT2D eigenvalue weighted by atomic mass is 9.97. The number of benzene rings is 2. The van der Waals surface area contributed by atoms with Crippen molar-refractivity contribution in [2.45, 2.75) is 29.2 Å². The molecule has 0 amide bonds. The van der Waals surface area contributed by atoms with Gasteiger partial charge in [0, 0.05) is 22.7 Å². The number of fused-ring (bicyclic) bond motifs is 1. The smallest absolute Gasteiger partial charge is 0.395 e. The number of aromatic nitrogens is 3. The molecular formula is C17H12BrF2N3O4S. The molecule has 3 aromatic rings. The SMILES string of the molecule is O=C(O)C(F)(F)Sc1nnc(Br)n1-c1c(O)c(O)c(C2CC2)c2ccccc12. The zero-order chi connectivity index (χ0) is 20.2. The number of carbonyl (C=O) groups is 1. The van der Waals surface area contributed by atoms with Crippen LogP contribution in [0, 0.1) is 0 Å². The molecular weight excluding hydrogens is 460 g/mol. The van der Waals surface area contributed by atoms with Gasteiger partial charge in [-0.2, -0.15) is 8.78 Å². The van der Waals surface area contributed by atoms with Crippen molar-refractivity contribution in [3.05, 3.63) is 34.6 Å². The van der Waals surface area contributed by atoms with Crippen molar-refractivity contribution in [3.63, 3.8) is 0 Å². The van der Waals surface area contributed by atoms with E-state index in [0.717, 1.165) is 17.4 Å². The maximum atomic E-state index is 13.8. The second-order valence-corrected chi connectivity index (χ2v) is 8.08. The number of aromatic hydroxyl groups is 2. The van der Waals surface area contributed by atoms with Crippen LogP contribution in [0.5, 0.6) is 11.5 Å². The summed E-state index contributed by atoms with van der Waals surface area (Å²) in [6, 6.07) is 6.91. The van der Waals surface area contributed by atoms with E-state index in [2.05, 4.69) is 26.1 Å². The molecule has 0 aliphatic heterocycles. The van der Waals surface area contributed by atoms with E-state index in [1.165, 1.54) is 0 Å². The lowest BCUT2D eigenvalue weighted by Crippen LogP contribution is -2.24. The third kappa shape index (κ3) is 2.98. The van der Waals surface area contributed by atoms with Crippen LogP contribution in [0.1, 0.15) is 24.3 Å². The molecule has 1 saturated carbocycles. The van der Waals surface area contributed by atoms with Crippen molar-refractivity contribution in [1.82, 2.24) is 14.8 Å². The molecule has 2 aromatic carbocycles. The highest BCUT2D eigenvalue weighted by Gasteiger charge is 2.43. The van der Waals surface area contributed by atoms with Gasteiger partial charge in [-0.25, -0.2) is 4.79 Å². The van der Waals surface area contributed by atoms with Crippen LogP contribution in [-0.2, 0) is 4.79 Å². The van der Waals surface area contributed by atoms with Crippen LogP contribution < -0.4 is 0 Å². The first-order chi connectivity index (χ1) is 13.2. The van der Waals surface area contributed by atoms with E-state index < -0.39 is 22.1 Å². The molecule has 1 heterocycles. The number of thioether (sulfide) groups is 1. The molecule has 1 aliphatic carbocycles. The summed E-state index contributed by atoms with van der Waals surface area (Å²) in [7, 11) is 0. The minimum atomic E-state index is -4.16. The topological polar surface area (TPSA) is 108 Å². The van der Waals surface area contributed by atoms with Gasteiger partial charge >= 0.3 is 11.2 Å². The molecule has 0 saturated heterocycles.